The van der Waals surface area contributed by atoms with Gasteiger partial charge < -0.3 is 14.4 Å². The largest absolute Gasteiger partial charge is 0.490 e. The van der Waals surface area contributed by atoms with Crippen LogP contribution in [0.25, 0.3) is 0 Å². The van der Waals surface area contributed by atoms with E-state index in [9.17, 15) is 18.0 Å². The van der Waals surface area contributed by atoms with Crippen LogP contribution >= 0.6 is 0 Å². The Morgan fingerprint density at radius 2 is 1.90 bits per heavy atom. The maximum absolute atomic E-state index is 12.8. The second-order valence-electron chi connectivity index (χ2n) is 7.86. The number of furan rings is 1. The number of carbonyl (C=O) groups excluding carboxylic acids is 1. The van der Waals surface area contributed by atoms with E-state index in [1.54, 1.807) is 18.4 Å². The molecular weight excluding hydrogens is 417 g/mol. The van der Waals surface area contributed by atoms with Crippen LogP contribution < -0.4 is 0 Å². The molecule has 1 N–H and O–H groups in total. The number of halogens is 3. The topological polar surface area (TPSA) is 91.8 Å². The number of hydrogen-bond donors (Lipinski definition) is 1. The van der Waals surface area contributed by atoms with Gasteiger partial charge in [0.25, 0.3) is 5.91 Å². The Labute approximate surface area is 177 Å². The molecule has 2 saturated heterocycles. The van der Waals surface area contributed by atoms with E-state index in [4.69, 9.17) is 14.3 Å². The van der Waals surface area contributed by atoms with Crippen LogP contribution in [-0.2, 0) is 18.4 Å². The first-order chi connectivity index (χ1) is 14.6. The minimum Gasteiger partial charge on any atom is -0.475 e. The highest BCUT2D eigenvalue weighted by Crippen LogP contribution is 2.39. The van der Waals surface area contributed by atoms with E-state index in [1.165, 1.54) is 5.56 Å². The van der Waals surface area contributed by atoms with Crippen molar-refractivity contribution in [2.75, 3.05) is 19.6 Å². The van der Waals surface area contributed by atoms with Crippen LogP contribution in [-0.4, -0.2) is 67.9 Å². The second kappa shape index (κ2) is 9.13. The summed E-state index contributed by atoms with van der Waals surface area (Å²) in [4.78, 5) is 26.2. The summed E-state index contributed by atoms with van der Waals surface area (Å²) in [6.07, 6.45) is 4.79. The van der Waals surface area contributed by atoms with Crippen LogP contribution in [0.15, 0.2) is 35.2 Å². The van der Waals surface area contributed by atoms with E-state index >= 15 is 0 Å². The number of carboxylic acid groups (broad SMARTS) is 1. The average molecular weight is 442 g/mol. The third-order valence-corrected chi connectivity index (χ3v) is 5.77. The summed E-state index contributed by atoms with van der Waals surface area (Å²) in [5.41, 5.74) is 1.28. The quantitative estimate of drug-likeness (QED) is 0.786. The standard InChI is InChI=1S/C18H24N4O2.C2HF3O2/c1-20-13-15(12-19-20)14-21-9-6-18(7-10-21)5-3-8-22(18)17(23)16-4-2-11-24-16;3-2(4,5)1(6)7/h2,4,11-13H,3,5-10,14H2,1H3;(H,6,7). The Morgan fingerprint density at radius 1 is 1.23 bits per heavy atom. The van der Waals surface area contributed by atoms with E-state index in [-0.39, 0.29) is 11.4 Å². The number of aromatic nitrogens is 2. The van der Waals surface area contributed by atoms with Crippen molar-refractivity contribution >= 4 is 11.9 Å². The summed E-state index contributed by atoms with van der Waals surface area (Å²) in [5, 5.41) is 11.4. The predicted molar refractivity (Wildman–Crippen MR) is 103 cm³/mol. The van der Waals surface area contributed by atoms with Crippen molar-refractivity contribution in [2.45, 2.75) is 43.9 Å². The molecule has 4 rings (SSSR count). The molecule has 2 aliphatic rings. The lowest BCUT2D eigenvalue weighted by Gasteiger charge is -2.44. The molecule has 1 amide bonds. The normalized spacial score (nSPS) is 18.6. The molecule has 2 aromatic heterocycles. The lowest BCUT2D eigenvalue weighted by molar-refractivity contribution is -0.192. The minimum atomic E-state index is -5.08. The van der Waals surface area contributed by atoms with Gasteiger partial charge in [-0.25, -0.2) is 4.79 Å². The van der Waals surface area contributed by atoms with Crippen molar-refractivity contribution in [1.29, 1.82) is 0 Å². The number of likely N-dealkylation sites (tertiary alicyclic amines) is 2. The van der Waals surface area contributed by atoms with Gasteiger partial charge in [0.05, 0.1) is 12.5 Å². The fourth-order valence-electron chi connectivity index (χ4n) is 4.25. The molecule has 8 nitrogen and oxygen atoms in total. The molecule has 170 valence electrons. The van der Waals surface area contributed by atoms with Gasteiger partial charge in [0.2, 0.25) is 0 Å². The van der Waals surface area contributed by atoms with Crippen LogP contribution in [0.5, 0.6) is 0 Å². The summed E-state index contributed by atoms with van der Waals surface area (Å²) in [6, 6.07) is 3.55. The van der Waals surface area contributed by atoms with E-state index in [0.717, 1.165) is 51.9 Å². The van der Waals surface area contributed by atoms with Gasteiger partial charge in [-0.15, -0.1) is 0 Å². The fraction of sp³-hybridized carbons (Fsp3) is 0.550. The monoisotopic (exact) mass is 442 g/mol. The van der Waals surface area contributed by atoms with Gasteiger partial charge in [-0.05, 0) is 37.8 Å². The molecule has 0 bridgehead atoms. The number of carbonyl (C=O) groups is 2. The maximum atomic E-state index is 12.8. The number of piperidine rings is 1. The number of nitrogens with zero attached hydrogens (tertiary/aromatic N) is 4. The summed E-state index contributed by atoms with van der Waals surface area (Å²) in [6.45, 7) is 3.84. The summed E-state index contributed by atoms with van der Waals surface area (Å²) in [5.74, 6) is -2.24. The van der Waals surface area contributed by atoms with Crippen molar-refractivity contribution in [3.63, 3.8) is 0 Å². The Hall–Kier alpha value is -2.82. The van der Waals surface area contributed by atoms with Crippen molar-refractivity contribution in [3.05, 3.63) is 42.1 Å². The first-order valence-electron chi connectivity index (χ1n) is 9.96. The molecule has 2 aromatic rings. The van der Waals surface area contributed by atoms with E-state index in [2.05, 4.69) is 21.1 Å². The van der Waals surface area contributed by atoms with Crippen LogP contribution in [0.1, 0.15) is 41.8 Å². The van der Waals surface area contributed by atoms with Crippen LogP contribution in [0.2, 0.25) is 0 Å². The smallest absolute Gasteiger partial charge is 0.475 e. The Kier molecular flexibility index (Phi) is 6.73. The molecule has 2 fully saturated rings. The van der Waals surface area contributed by atoms with Gasteiger partial charge in [0, 0.05) is 50.5 Å². The van der Waals surface area contributed by atoms with Crippen LogP contribution in [0.3, 0.4) is 0 Å². The third-order valence-electron chi connectivity index (χ3n) is 5.77. The zero-order valence-electron chi connectivity index (χ0n) is 17.1. The second-order valence-corrected chi connectivity index (χ2v) is 7.86. The van der Waals surface area contributed by atoms with Crippen molar-refractivity contribution < 1.29 is 32.3 Å². The molecule has 0 radical (unpaired) electrons. The number of alkyl halides is 3. The van der Waals surface area contributed by atoms with Crippen molar-refractivity contribution in [1.82, 2.24) is 19.6 Å². The summed E-state index contributed by atoms with van der Waals surface area (Å²) in [7, 11) is 1.95. The highest BCUT2D eigenvalue weighted by molar-refractivity contribution is 5.92. The molecule has 0 aromatic carbocycles. The highest BCUT2D eigenvalue weighted by atomic mass is 19.4. The van der Waals surface area contributed by atoms with Gasteiger partial charge >= 0.3 is 12.1 Å². The third kappa shape index (κ3) is 5.46. The average Bonchev–Trinajstić information content (AvgIpc) is 3.45. The Bertz CT molecular complexity index is 887. The number of rotatable bonds is 3. The lowest BCUT2D eigenvalue weighted by atomic mass is 9.84. The van der Waals surface area contributed by atoms with Gasteiger partial charge in [0.15, 0.2) is 5.76 Å². The Balaban J connectivity index is 0.000000339. The number of amides is 1. The van der Waals surface area contributed by atoms with Crippen LogP contribution in [0, 0.1) is 0 Å². The molecule has 11 heteroatoms. The first-order valence-corrected chi connectivity index (χ1v) is 9.96. The zero-order valence-corrected chi connectivity index (χ0v) is 17.1. The first kappa shape index (κ1) is 22.9. The molecule has 0 unspecified atom stereocenters. The fourth-order valence-corrected chi connectivity index (χ4v) is 4.25. The summed E-state index contributed by atoms with van der Waals surface area (Å²) >= 11 is 0. The molecule has 31 heavy (non-hydrogen) atoms. The van der Waals surface area contributed by atoms with E-state index in [0.29, 0.717) is 5.76 Å². The van der Waals surface area contributed by atoms with Crippen LogP contribution in [0.4, 0.5) is 13.2 Å². The van der Waals surface area contributed by atoms with E-state index < -0.39 is 12.1 Å². The predicted octanol–water partition coefficient (Wildman–Crippen LogP) is 2.92. The van der Waals surface area contributed by atoms with Gasteiger partial charge in [-0.2, -0.15) is 18.3 Å². The number of aryl methyl sites for hydroxylation is 1. The number of aliphatic carboxylic acids is 1. The molecule has 2 aliphatic heterocycles. The molecule has 0 saturated carbocycles. The molecule has 0 aliphatic carbocycles. The number of carboxylic acids is 1. The minimum absolute atomic E-state index is 0.0231. The van der Waals surface area contributed by atoms with Crippen molar-refractivity contribution in [2.24, 2.45) is 7.05 Å². The highest BCUT2D eigenvalue weighted by Gasteiger charge is 2.46. The Morgan fingerprint density at radius 3 is 2.42 bits per heavy atom. The molecule has 4 heterocycles. The SMILES string of the molecule is Cn1cc(CN2CCC3(CCCN3C(=O)c3ccco3)CC2)cn1.O=C(O)C(F)(F)F. The zero-order chi connectivity index (χ0) is 22.6. The molecule has 1 spiro atoms. The lowest BCUT2D eigenvalue weighted by Crippen LogP contribution is -2.53. The molecule has 0 atom stereocenters. The van der Waals surface area contributed by atoms with Gasteiger partial charge in [-0.1, -0.05) is 0 Å². The van der Waals surface area contributed by atoms with E-state index in [1.807, 2.05) is 17.9 Å². The molecular formula is C20H25F3N4O4. The van der Waals surface area contributed by atoms with Crippen molar-refractivity contribution in [3.8, 4) is 0 Å². The van der Waals surface area contributed by atoms with Gasteiger partial charge in [-0.3, -0.25) is 14.4 Å². The van der Waals surface area contributed by atoms with Gasteiger partial charge in [0.1, 0.15) is 0 Å². The maximum Gasteiger partial charge on any atom is 0.490 e. The summed E-state index contributed by atoms with van der Waals surface area (Å²) < 4.78 is 38.9. The number of hydrogen-bond acceptors (Lipinski definition) is 5.